The van der Waals surface area contributed by atoms with Gasteiger partial charge in [0.15, 0.2) is 24.3 Å². The first-order valence-electron chi connectivity index (χ1n) is 6.32. The van der Waals surface area contributed by atoms with Crippen LogP contribution in [0, 0.1) is 0 Å². The van der Waals surface area contributed by atoms with E-state index in [0.717, 1.165) is 0 Å². The second kappa shape index (κ2) is 7.59. The van der Waals surface area contributed by atoms with Crippen molar-refractivity contribution in [3.8, 4) is 0 Å². The molecule has 13 heteroatoms. The summed E-state index contributed by atoms with van der Waals surface area (Å²) in [5.41, 5.74) is -1.83. The van der Waals surface area contributed by atoms with Crippen molar-refractivity contribution in [2.24, 2.45) is 0 Å². The van der Waals surface area contributed by atoms with Crippen LogP contribution < -0.4 is 0 Å². The van der Waals surface area contributed by atoms with Gasteiger partial charge in [-0.3, -0.25) is 9.32 Å². The summed E-state index contributed by atoms with van der Waals surface area (Å²) in [4.78, 5) is 51.3. The van der Waals surface area contributed by atoms with E-state index in [0.29, 0.717) is 0 Å². The molecular weight excluding hydrogens is 355 g/mol. The second-order valence-electron chi connectivity index (χ2n) is 4.91. The highest BCUT2D eigenvalue weighted by Crippen LogP contribution is 2.38. The normalized spacial score (nSPS) is 27.5. The first kappa shape index (κ1) is 20.5. The van der Waals surface area contributed by atoms with Gasteiger partial charge in [-0.1, -0.05) is 0 Å². The predicted octanol–water partition coefficient (Wildman–Crippen LogP) is -3.54. The SMILES string of the molecule is O=CC(OP(=O)(O)O)C(O)C(=O)C1=C(C(=O)O)CC(O)C(O)C1O. The Kier molecular flexibility index (Phi) is 6.50. The molecule has 12 nitrogen and oxygen atoms in total. The molecule has 0 radical (unpaired) electrons. The summed E-state index contributed by atoms with van der Waals surface area (Å²) in [6.07, 6.45) is -11.8. The summed E-state index contributed by atoms with van der Waals surface area (Å²) in [7, 11) is -5.27. The number of Topliss-reactive ketones (excluding diaryl/α,β-unsaturated/α-hetero) is 1. The Morgan fingerprint density at radius 2 is 1.79 bits per heavy atom. The van der Waals surface area contributed by atoms with Crippen LogP contribution in [0.15, 0.2) is 11.1 Å². The van der Waals surface area contributed by atoms with Crippen molar-refractivity contribution in [3.63, 3.8) is 0 Å². The second-order valence-corrected chi connectivity index (χ2v) is 6.10. The minimum Gasteiger partial charge on any atom is -0.478 e. The summed E-state index contributed by atoms with van der Waals surface area (Å²) < 4.78 is 14.6. The quantitative estimate of drug-likeness (QED) is 0.171. The number of aldehydes is 1. The molecule has 0 bridgehead atoms. The van der Waals surface area contributed by atoms with Crippen LogP contribution in [0.25, 0.3) is 0 Å². The smallest absolute Gasteiger partial charge is 0.470 e. The lowest BCUT2D eigenvalue weighted by Gasteiger charge is -2.32. The van der Waals surface area contributed by atoms with Gasteiger partial charge in [-0.2, -0.15) is 0 Å². The van der Waals surface area contributed by atoms with Gasteiger partial charge in [0, 0.05) is 17.6 Å². The van der Waals surface area contributed by atoms with E-state index in [1.54, 1.807) is 0 Å². The first-order valence-corrected chi connectivity index (χ1v) is 7.85. The standard InChI is InChI=1S/C11H15O12P/c12-2-5(23-24(20,21)22)8(15)10(17)6-3(11(18)19)1-4(13)7(14)9(6)16/h2,4-5,7-9,13-16H,1H2,(H,18,19)(H2,20,21,22). The van der Waals surface area contributed by atoms with Crippen LogP contribution in [0.4, 0.5) is 0 Å². The number of hydrogen-bond donors (Lipinski definition) is 7. The van der Waals surface area contributed by atoms with E-state index in [9.17, 15) is 39.4 Å². The lowest BCUT2D eigenvalue weighted by atomic mass is 9.81. The fraction of sp³-hybridized carbons (Fsp3) is 0.545. The van der Waals surface area contributed by atoms with Gasteiger partial charge in [0.1, 0.15) is 12.2 Å². The van der Waals surface area contributed by atoms with Gasteiger partial charge in [0.2, 0.25) is 0 Å². The van der Waals surface area contributed by atoms with Crippen molar-refractivity contribution >= 4 is 25.9 Å². The zero-order valence-corrected chi connectivity index (χ0v) is 12.7. The summed E-state index contributed by atoms with van der Waals surface area (Å²) in [5, 5.41) is 47.5. The molecule has 1 aliphatic carbocycles. The Labute approximate surface area is 133 Å². The molecular formula is C11H15O12P. The van der Waals surface area contributed by atoms with Gasteiger partial charge in [0.25, 0.3) is 0 Å². The summed E-state index contributed by atoms with van der Waals surface area (Å²) in [5.74, 6) is -3.34. The number of carbonyl (C=O) groups excluding carboxylic acids is 2. The van der Waals surface area contributed by atoms with Gasteiger partial charge < -0.3 is 40.1 Å². The lowest BCUT2D eigenvalue weighted by molar-refractivity contribution is -0.139. The first-order chi connectivity index (χ1) is 10.9. The molecule has 7 N–H and O–H groups in total. The Hall–Kier alpha value is -1.50. The fourth-order valence-corrected chi connectivity index (χ4v) is 2.60. The predicted molar refractivity (Wildman–Crippen MR) is 71.3 cm³/mol. The number of ketones is 1. The molecule has 5 unspecified atom stereocenters. The molecule has 5 atom stereocenters. The van der Waals surface area contributed by atoms with E-state index >= 15 is 0 Å². The minimum absolute atomic E-state index is 0.302. The third kappa shape index (κ3) is 4.53. The van der Waals surface area contributed by atoms with Crippen LogP contribution >= 0.6 is 7.82 Å². The molecule has 0 heterocycles. The molecule has 24 heavy (non-hydrogen) atoms. The highest BCUT2D eigenvalue weighted by Gasteiger charge is 2.44. The summed E-state index contributed by atoms with van der Waals surface area (Å²) >= 11 is 0. The Morgan fingerprint density at radius 3 is 2.21 bits per heavy atom. The van der Waals surface area contributed by atoms with E-state index in [4.69, 9.17) is 14.9 Å². The zero-order valence-electron chi connectivity index (χ0n) is 11.8. The van der Waals surface area contributed by atoms with Crippen LogP contribution in [0.5, 0.6) is 0 Å². The molecule has 0 aliphatic heterocycles. The number of carbonyl (C=O) groups is 3. The Morgan fingerprint density at radius 1 is 1.25 bits per heavy atom. The molecule has 0 amide bonds. The number of rotatable bonds is 7. The largest absolute Gasteiger partial charge is 0.478 e. The van der Waals surface area contributed by atoms with Gasteiger partial charge in [-0.05, 0) is 0 Å². The molecule has 0 aromatic rings. The number of carboxylic acids is 1. The van der Waals surface area contributed by atoms with Gasteiger partial charge in [-0.15, -0.1) is 0 Å². The molecule has 0 spiro atoms. The molecule has 1 rings (SSSR count). The van der Waals surface area contributed by atoms with E-state index in [1.807, 2.05) is 0 Å². The third-order valence-corrected chi connectivity index (χ3v) is 3.77. The van der Waals surface area contributed by atoms with Crippen LogP contribution in [-0.4, -0.2) is 83.9 Å². The van der Waals surface area contributed by atoms with Gasteiger partial charge >= 0.3 is 13.8 Å². The molecule has 0 aromatic carbocycles. The Bertz CT molecular complexity index is 606. The van der Waals surface area contributed by atoms with Crippen LogP contribution in [0.3, 0.4) is 0 Å². The lowest BCUT2D eigenvalue weighted by Crippen LogP contribution is -2.49. The zero-order chi connectivity index (χ0) is 18.8. The van der Waals surface area contributed by atoms with Gasteiger partial charge in [-0.25, -0.2) is 9.36 Å². The topological polar surface area (TPSA) is 219 Å². The average Bonchev–Trinajstić information content (AvgIpc) is 2.47. The van der Waals surface area contributed by atoms with Crippen molar-refractivity contribution in [1.82, 2.24) is 0 Å². The summed E-state index contributed by atoms with van der Waals surface area (Å²) in [6, 6.07) is 0. The number of hydrogen-bond acceptors (Lipinski definition) is 9. The molecule has 0 fully saturated rings. The molecule has 0 aromatic heterocycles. The number of carboxylic acid groups (broad SMARTS) is 1. The van der Waals surface area contributed by atoms with E-state index in [1.165, 1.54) is 0 Å². The number of aliphatic hydroxyl groups excluding tert-OH is 4. The number of phosphoric ester groups is 1. The highest BCUT2D eigenvalue weighted by atomic mass is 31.2. The van der Waals surface area contributed by atoms with Crippen molar-refractivity contribution in [3.05, 3.63) is 11.1 Å². The van der Waals surface area contributed by atoms with E-state index < -0.39 is 67.7 Å². The van der Waals surface area contributed by atoms with Crippen LogP contribution in [-0.2, 0) is 23.5 Å². The number of aliphatic carboxylic acids is 1. The van der Waals surface area contributed by atoms with Crippen LogP contribution in [0.1, 0.15) is 6.42 Å². The monoisotopic (exact) mass is 370 g/mol. The molecule has 0 saturated heterocycles. The van der Waals surface area contributed by atoms with Crippen molar-refractivity contribution in [2.45, 2.75) is 36.9 Å². The van der Waals surface area contributed by atoms with Crippen molar-refractivity contribution < 1.29 is 58.8 Å². The highest BCUT2D eigenvalue weighted by molar-refractivity contribution is 7.46. The minimum atomic E-state index is -5.27. The van der Waals surface area contributed by atoms with E-state index in [2.05, 4.69) is 4.52 Å². The van der Waals surface area contributed by atoms with Gasteiger partial charge in [0.05, 0.1) is 6.10 Å². The average molecular weight is 370 g/mol. The maximum Gasteiger partial charge on any atom is 0.470 e. The van der Waals surface area contributed by atoms with E-state index in [-0.39, 0.29) is 6.29 Å². The molecule has 136 valence electrons. The number of phosphoric acid groups is 1. The molecule has 0 saturated carbocycles. The van der Waals surface area contributed by atoms with Crippen molar-refractivity contribution in [2.75, 3.05) is 0 Å². The Balaban J connectivity index is 3.25. The maximum absolute atomic E-state index is 12.1. The summed E-state index contributed by atoms with van der Waals surface area (Å²) in [6.45, 7) is 0. The maximum atomic E-state index is 12.1. The molecule has 1 aliphatic rings. The van der Waals surface area contributed by atoms with Crippen molar-refractivity contribution in [1.29, 1.82) is 0 Å². The number of aliphatic hydroxyl groups is 4. The third-order valence-electron chi connectivity index (χ3n) is 3.25. The fourth-order valence-electron chi connectivity index (χ4n) is 2.12. The van der Waals surface area contributed by atoms with Crippen LogP contribution in [0.2, 0.25) is 0 Å².